The van der Waals surface area contributed by atoms with E-state index in [4.69, 9.17) is 16.3 Å². The number of urea groups is 1. The fourth-order valence-corrected chi connectivity index (χ4v) is 4.38. The number of halogens is 3. The molecular weight excluding hydrogens is 502 g/mol. The largest absolute Gasteiger partial charge is 0.456 e. The Morgan fingerprint density at radius 1 is 1.08 bits per heavy atom. The Labute approximate surface area is 217 Å². The van der Waals surface area contributed by atoms with Gasteiger partial charge in [-0.05, 0) is 37.4 Å². The minimum Gasteiger partial charge on any atom is -0.456 e. The van der Waals surface area contributed by atoms with Crippen LogP contribution in [0, 0.1) is 11.6 Å². The molecule has 11 heteroatoms. The summed E-state index contributed by atoms with van der Waals surface area (Å²) in [6.07, 6.45) is 3.13. The first-order valence-electron chi connectivity index (χ1n) is 11.7. The highest BCUT2D eigenvalue weighted by atomic mass is 35.5. The van der Waals surface area contributed by atoms with E-state index in [0.29, 0.717) is 33.9 Å². The molecule has 3 heterocycles. The van der Waals surface area contributed by atoms with Crippen molar-refractivity contribution in [3.05, 3.63) is 77.1 Å². The number of carbonyl (C=O) groups excluding carboxylic acids is 1. The van der Waals surface area contributed by atoms with Crippen molar-refractivity contribution in [3.63, 3.8) is 0 Å². The number of piperazine rings is 1. The minimum absolute atomic E-state index is 0.0587. The standard InChI is InChI=1S/C26H25ClF2N6O2/c1-34-8-10-35(11-9-34)15-16-2-3-17(12-20(16)28)32-26(36)33-22-5-4-18(13-21(22)29)37-23-6-7-30-25-24(23)19(27)14-31-25/h2-7,12-14H,8-11,15H2,1H3,(H,30,31)(H2,32,33,36). The molecule has 0 unspecified atom stereocenters. The lowest BCUT2D eigenvalue weighted by Gasteiger charge is -2.32. The Morgan fingerprint density at radius 3 is 2.65 bits per heavy atom. The molecule has 0 bridgehead atoms. The van der Waals surface area contributed by atoms with Crippen LogP contribution in [0.25, 0.3) is 11.0 Å². The number of rotatable bonds is 6. The number of pyridine rings is 1. The first kappa shape index (κ1) is 24.9. The molecular formula is C26H25ClF2N6O2. The van der Waals surface area contributed by atoms with Gasteiger partial charge in [0.1, 0.15) is 28.8 Å². The number of fused-ring (bicyclic) bond motifs is 1. The van der Waals surface area contributed by atoms with E-state index in [1.165, 1.54) is 18.2 Å². The summed E-state index contributed by atoms with van der Waals surface area (Å²) in [5, 5.41) is 5.98. The van der Waals surface area contributed by atoms with Gasteiger partial charge in [-0.15, -0.1) is 0 Å². The molecule has 0 radical (unpaired) electrons. The molecule has 3 N–H and O–H groups in total. The molecule has 2 aromatic carbocycles. The Hall–Kier alpha value is -3.73. The van der Waals surface area contributed by atoms with E-state index in [1.807, 2.05) is 0 Å². The maximum absolute atomic E-state index is 14.7. The number of aromatic nitrogens is 2. The van der Waals surface area contributed by atoms with Crippen LogP contribution in [0.5, 0.6) is 11.5 Å². The maximum atomic E-state index is 14.7. The number of anilines is 2. The van der Waals surface area contributed by atoms with Gasteiger partial charge in [-0.2, -0.15) is 0 Å². The Morgan fingerprint density at radius 2 is 1.89 bits per heavy atom. The monoisotopic (exact) mass is 526 g/mol. The Bertz CT molecular complexity index is 1440. The average molecular weight is 527 g/mol. The van der Waals surface area contributed by atoms with E-state index in [0.717, 1.165) is 32.2 Å². The second-order valence-electron chi connectivity index (χ2n) is 8.88. The van der Waals surface area contributed by atoms with Crippen molar-refractivity contribution >= 4 is 40.0 Å². The van der Waals surface area contributed by atoms with Gasteiger partial charge in [0.2, 0.25) is 0 Å². The third kappa shape index (κ3) is 5.82. The highest BCUT2D eigenvalue weighted by Crippen LogP contribution is 2.34. The van der Waals surface area contributed by atoms with Gasteiger partial charge in [0.25, 0.3) is 0 Å². The number of H-pyrrole nitrogens is 1. The van der Waals surface area contributed by atoms with Crippen LogP contribution in [-0.2, 0) is 6.54 Å². The summed E-state index contributed by atoms with van der Waals surface area (Å²) < 4.78 is 35.2. The lowest BCUT2D eigenvalue weighted by atomic mass is 10.1. The summed E-state index contributed by atoms with van der Waals surface area (Å²) in [6, 6.07) is 9.50. The van der Waals surface area contributed by atoms with Crippen molar-refractivity contribution in [2.75, 3.05) is 43.9 Å². The van der Waals surface area contributed by atoms with Crippen LogP contribution in [0.4, 0.5) is 25.0 Å². The quantitative estimate of drug-likeness (QED) is 0.301. The zero-order chi connectivity index (χ0) is 25.9. The van der Waals surface area contributed by atoms with Crippen LogP contribution in [0.15, 0.2) is 54.9 Å². The number of carbonyl (C=O) groups is 1. The second-order valence-corrected chi connectivity index (χ2v) is 9.28. The molecule has 2 amide bonds. The Kier molecular flexibility index (Phi) is 7.22. The molecule has 0 saturated carbocycles. The number of hydrogen-bond acceptors (Lipinski definition) is 5. The maximum Gasteiger partial charge on any atom is 0.323 e. The molecule has 1 fully saturated rings. The van der Waals surface area contributed by atoms with Crippen molar-refractivity contribution in [1.82, 2.24) is 19.8 Å². The predicted molar refractivity (Wildman–Crippen MR) is 139 cm³/mol. The SMILES string of the molecule is CN1CCN(Cc2ccc(NC(=O)Nc3ccc(Oc4ccnc5[nH]cc(Cl)c45)cc3F)cc2F)CC1. The number of aromatic amines is 1. The lowest BCUT2D eigenvalue weighted by Crippen LogP contribution is -2.44. The fourth-order valence-electron chi connectivity index (χ4n) is 4.15. The number of benzene rings is 2. The van der Waals surface area contributed by atoms with Gasteiger partial charge in [0, 0.05) is 62.4 Å². The molecule has 0 spiro atoms. The number of nitrogens with one attached hydrogen (secondary N) is 3. The summed E-state index contributed by atoms with van der Waals surface area (Å²) in [6.45, 7) is 4.15. The molecule has 0 atom stereocenters. The summed E-state index contributed by atoms with van der Waals surface area (Å²) in [4.78, 5) is 23.9. The van der Waals surface area contributed by atoms with E-state index in [-0.39, 0.29) is 17.1 Å². The highest BCUT2D eigenvalue weighted by Gasteiger charge is 2.17. The van der Waals surface area contributed by atoms with Crippen molar-refractivity contribution in [2.24, 2.45) is 0 Å². The van der Waals surface area contributed by atoms with Crippen molar-refractivity contribution < 1.29 is 18.3 Å². The van der Waals surface area contributed by atoms with Crippen LogP contribution < -0.4 is 15.4 Å². The van der Waals surface area contributed by atoms with E-state index in [1.54, 1.807) is 30.6 Å². The fraction of sp³-hybridized carbons (Fsp3) is 0.231. The molecule has 1 aliphatic heterocycles. The van der Waals surface area contributed by atoms with Crippen LogP contribution in [0.1, 0.15) is 5.56 Å². The van der Waals surface area contributed by atoms with Gasteiger partial charge in [-0.25, -0.2) is 18.6 Å². The van der Waals surface area contributed by atoms with Gasteiger partial charge in [-0.3, -0.25) is 4.90 Å². The summed E-state index contributed by atoms with van der Waals surface area (Å²) in [7, 11) is 2.07. The van der Waals surface area contributed by atoms with Gasteiger partial charge in [0.15, 0.2) is 0 Å². The van der Waals surface area contributed by atoms with Gasteiger partial charge < -0.3 is 25.3 Å². The number of hydrogen-bond donors (Lipinski definition) is 3. The van der Waals surface area contributed by atoms with Gasteiger partial charge in [-0.1, -0.05) is 17.7 Å². The van der Waals surface area contributed by atoms with Crippen LogP contribution in [0.3, 0.4) is 0 Å². The van der Waals surface area contributed by atoms with E-state index >= 15 is 0 Å². The smallest absolute Gasteiger partial charge is 0.323 e. The van der Waals surface area contributed by atoms with Gasteiger partial charge >= 0.3 is 6.03 Å². The molecule has 0 aliphatic carbocycles. The number of amides is 2. The summed E-state index contributed by atoms with van der Waals surface area (Å²) in [5.41, 5.74) is 1.31. The van der Waals surface area contributed by atoms with Crippen LogP contribution in [-0.4, -0.2) is 59.0 Å². The molecule has 2 aromatic heterocycles. The molecule has 4 aromatic rings. The average Bonchev–Trinajstić information content (AvgIpc) is 3.25. The zero-order valence-electron chi connectivity index (χ0n) is 20.0. The Balaban J connectivity index is 1.20. The van der Waals surface area contributed by atoms with E-state index < -0.39 is 17.7 Å². The first-order valence-corrected chi connectivity index (χ1v) is 12.1. The van der Waals surface area contributed by atoms with Crippen molar-refractivity contribution in [1.29, 1.82) is 0 Å². The number of likely N-dealkylation sites (N-methyl/N-ethyl adjacent to an activating group) is 1. The molecule has 1 aliphatic rings. The molecule has 37 heavy (non-hydrogen) atoms. The zero-order valence-corrected chi connectivity index (χ0v) is 20.8. The molecule has 8 nitrogen and oxygen atoms in total. The van der Waals surface area contributed by atoms with E-state index in [2.05, 4.69) is 37.4 Å². The predicted octanol–water partition coefficient (Wildman–Crippen LogP) is 5.68. The highest BCUT2D eigenvalue weighted by molar-refractivity contribution is 6.36. The third-order valence-corrected chi connectivity index (χ3v) is 6.50. The lowest BCUT2D eigenvalue weighted by molar-refractivity contribution is 0.147. The molecule has 1 saturated heterocycles. The summed E-state index contributed by atoms with van der Waals surface area (Å²) in [5.74, 6) is -0.484. The van der Waals surface area contributed by atoms with Crippen molar-refractivity contribution in [3.8, 4) is 11.5 Å². The first-order chi connectivity index (χ1) is 17.9. The van der Waals surface area contributed by atoms with E-state index in [9.17, 15) is 13.6 Å². The molecule has 5 rings (SSSR count). The summed E-state index contributed by atoms with van der Waals surface area (Å²) >= 11 is 6.18. The number of ether oxygens (including phenoxy) is 1. The van der Waals surface area contributed by atoms with Crippen LogP contribution in [0.2, 0.25) is 5.02 Å². The molecule has 192 valence electrons. The van der Waals surface area contributed by atoms with Crippen molar-refractivity contribution in [2.45, 2.75) is 6.54 Å². The third-order valence-electron chi connectivity index (χ3n) is 6.20. The van der Waals surface area contributed by atoms with Crippen LogP contribution >= 0.6 is 11.6 Å². The minimum atomic E-state index is -0.702. The second kappa shape index (κ2) is 10.7. The topological polar surface area (TPSA) is 85.5 Å². The van der Waals surface area contributed by atoms with Gasteiger partial charge in [0.05, 0.1) is 16.1 Å². The normalized spacial score (nSPS) is 14.6. The number of nitrogens with zero attached hydrogens (tertiary/aromatic N) is 3.